The SMILES string of the molecule is C[C@H](NCCC(=O)OCc1ccccc1)C(=O)N1CCC[C@H]1C(=O)O. The second-order valence-corrected chi connectivity index (χ2v) is 6.10. The quantitative estimate of drug-likeness (QED) is 0.685. The Kier molecular flexibility index (Phi) is 6.94. The topological polar surface area (TPSA) is 95.9 Å². The third-order valence-corrected chi connectivity index (χ3v) is 4.21. The maximum Gasteiger partial charge on any atom is 0.326 e. The number of ether oxygens (including phenoxy) is 1. The van der Waals surface area contributed by atoms with Crippen molar-refractivity contribution in [2.24, 2.45) is 0 Å². The van der Waals surface area contributed by atoms with Gasteiger partial charge in [-0.1, -0.05) is 30.3 Å². The van der Waals surface area contributed by atoms with Crippen LogP contribution in [0.15, 0.2) is 30.3 Å². The number of rotatable bonds is 8. The highest BCUT2D eigenvalue weighted by molar-refractivity contribution is 5.87. The summed E-state index contributed by atoms with van der Waals surface area (Å²) >= 11 is 0. The minimum atomic E-state index is -0.970. The molecule has 2 rings (SSSR count). The molecular formula is C18H24N2O5. The van der Waals surface area contributed by atoms with E-state index in [1.54, 1.807) is 6.92 Å². The molecule has 7 heteroatoms. The number of hydrogen-bond acceptors (Lipinski definition) is 5. The molecule has 1 fully saturated rings. The van der Waals surface area contributed by atoms with Gasteiger partial charge in [0.2, 0.25) is 5.91 Å². The molecule has 1 aromatic rings. The van der Waals surface area contributed by atoms with Crippen LogP contribution in [-0.2, 0) is 25.7 Å². The van der Waals surface area contributed by atoms with Crippen molar-refractivity contribution < 1.29 is 24.2 Å². The van der Waals surface area contributed by atoms with E-state index in [9.17, 15) is 14.4 Å². The second kappa shape index (κ2) is 9.17. The van der Waals surface area contributed by atoms with E-state index < -0.39 is 18.1 Å². The molecule has 1 heterocycles. The molecule has 0 aliphatic carbocycles. The van der Waals surface area contributed by atoms with E-state index in [0.29, 0.717) is 25.9 Å². The summed E-state index contributed by atoms with van der Waals surface area (Å²) < 4.78 is 5.17. The number of benzene rings is 1. The van der Waals surface area contributed by atoms with Crippen molar-refractivity contribution in [2.45, 2.75) is 44.9 Å². The lowest BCUT2D eigenvalue weighted by Gasteiger charge is -2.25. The second-order valence-electron chi connectivity index (χ2n) is 6.10. The van der Waals surface area contributed by atoms with Crippen LogP contribution in [0.2, 0.25) is 0 Å². The smallest absolute Gasteiger partial charge is 0.326 e. The summed E-state index contributed by atoms with van der Waals surface area (Å²) in [5, 5.41) is 12.1. The van der Waals surface area contributed by atoms with Crippen molar-refractivity contribution in [3.8, 4) is 0 Å². The summed E-state index contributed by atoms with van der Waals surface area (Å²) in [6.45, 7) is 2.66. The minimum Gasteiger partial charge on any atom is -0.480 e. The Morgan fingerprint density at radius 3 is 2.72 bits per heavy atom. The first kappa shape index (κ1) is 18.9. The Balaban J connectivity index is 1.69. The predicted molar refractivity (Wildman–Crippen MR) is 90.7 cm³/mol. The average Bonchev–Trinajstić information content (AvgIpc) is 3.10. The van der Waals surface area contributed by atoms with Gasteiger partial charge < -0.3 is 20.1 Å². The zero-order valence-electron chi connectivity index (χ0n) is 14.3. The van der Waals surface area contributed by atoms with Crippen LogP contribution in [0.3, 0.4) is 0 Å². The zero-order valence-corrected chi connectivity index (χ0v) is 14.3. The van der Waals surface area contributed by atoms with Gasteiger partial charge in [-0.2, -0.15) is 0 Å². The van der Waals surface area contributed by atoms with Crippen LogP contribution < -0.4 is 5.32 Å². The fourth-order valence-electron chi connectivity index (χ4n) is 2.82. The van der Waals surface area contributed by atoms with Crippen molar-refractivity contribution in [3.63, 3.8) is 0 Å². The van der Waals surface area contributed by atoms with Gasteiger partial charge in [0.1, 0.15) is 12.6 Å². The number of aliphatic carboxylic acids is 1. The number of carboxylic acids is 1. The molecule has 7 nitrogen and oxygen atoms in total. The maximum atomic E-state index is 12.3. The largest absolute Gasteiger partial charge is 0.480 e. The lowest BCUT2D eigenvalue weighted by Crippen LogP contribution is -2.49. The van der Waals surface area contributed by atoms with Gasteiger partial charge >= 0.3 is 11.9 Å². The summed E-state index contributed by atoms with van der Waals surface area (Å²) in [5.74, 6) is -1.56. The molecule has 0 bridgehead atoms. The first-order valence-electron chi connectivity index (χ1n) is 8.45. The van der Waals surface area contributed by atoms with Crippen LogP contribution >= 0.6 is 0 Å². The highest BCUT2D eigenvalue weighted by Crippen LogP contribution is 2.18. The number of carbonyl (C=O) groups excluding carboxylic acids is 2. The number of carbonyl (C=O) groups is 3. The van der Waals surface area contributed by atoms with Gasteiger partial charge in [0.05, 0.1) is 12.5 Å². The number of esters is 1. The van der Waals surface area contributed by atoms with Crippen LogP contribution in [0.1, 0.15) is 31.7 Å². The molecule has 1 aliphatic rings. The number of hydrogen-bond donors (Lipinski definition) is 2. The summed E-state index contributed by atoms with van der Waals surface area (Å²) in [6, 6.07) is 8.11. The van der Waals surface area contributed by atoms with Gasteiger partial charge in [-0.3, -0.25) is 9.59 Å². The van der Waals surface area contributed by atoms with E-state index in [1.807, 2.05) is 30.3 Å². The lowest BCUT2D eigenvalue weighted by molar-refractivity contribution is -0.148. The Hall–Kier alpha value is -2.41. The first-order chi connectivity index (χ1) is 12.0. The van der Waals surface area contributed by atoms with Gasteiger partial charge in [-0.25, -0.2) is 4.79 Å². The molecule has 1 aromatic carbocycles. The minimum absolute atomic E-state index is 0.146. The van der Waals surface area contributed by atoms with Crippen molar-refractivity contribution in [1.82, 2.24) is 10.2 Å². The van der Waals surface area contributed by atoms with E-state index in [4.69, 9.17) is 9.84 Å². The van der Waals surface area contributed by atoms with Gasteiger partial charge in [-0.05, 0) is 25.3 Å². The molecule has 2 atom stereocenters. The molecule has 0 radical (unpaired) electrons. The van der Waals surface area contributed by atoms with Crippen molar-refractivity contribution in [1.29, 1.82) is 0 Å². The Labute approximate surface area is 147 Å². The van der Waals surface area contributed by atoms with Gasteiger partial charge in [0.15, 0.2) is 0 Å². The lowest BCUT2D eigenvalue weighted by atomic mass is 10.2. The standard InChI is InChI=1S/C18H24N2O5/c1-13(17(22)20-11-5-8-15(20)18(23)24)19-10-9-16(21)25-12-14-6-3-2-4-7-14/h2-4,6-7,13,15,19H,5,8-12H2,1H3,(H,23,24)/t13-,15-/m0/s1. The first-order valence-corrected chi connectivity index (χ1v) is 8.45. The monoisotopic (exact) mass is 348 g/mol. The highest BCUT2D eigenvalue weighted by atomic mass is 16.5. The van der Waals surface area contributed by atoms with E-state index in [-0.39, 0.29) is 24.9 Å². The predicted octanol–water partition coefficient (Wildman–Crippen LogP) is 1.17. The van der Waals surface area contributed by atoms with Gasteiger partial charge in [0, 0.05) is 13.1 Å². The number of nitrogens with zero attached hydrogens (tertiary/aromatic N) is 1. The molecule has 0 spiro atoms. The van der Waals surface area contributed by atoms with Crippen molar-refractivity contribution >= 4 is 17.8 Å². The molecule has 1 saturated heterocycles. The van der Waals surface area contributed by atoms with E-state index >= 15 is 0 Å². The van der Waals surface area contributed by atoms with Crippen molar-refractivity contribution in [3.05, 3.63) is 35.9 Å². The van der Waals surface area contributed by atoms with Crippen LogP contribution in [0.4, 0.5) is 0 Å². The third kappa shape index (κ3) is 5.56. The fraction of sp³-hybridized carbons (Fsp3) is 0.500. The number of nitrogens with one attached hydrogen (secondary N) is 1. The summed E-state index contributed by atoms with van der Waals surface area (Å²) in [4.78, 5) is 36.6. The van der Waals surface area contributed by atoms with Gasteiger partial charge in [-0.15, -0.1) is 0 Å². The Bertz CT molecular complexity index is 605. The Morgan fingerprint density at radius 2 is 2.04 bits per heavy atom. The molecular weight excluding hydrogens is 324 g/mol. The van der Waals surface area contributed by atoms with Crippen LogP contribution in [0.5, 0.6) is 0 Å². The molecule has 1 aliphatic heterocycles. The highest BCUT2D eigenvalue weighted by Gasteiger charge is 2.35. The Morgan fingerprint density at radius 1 is 1.32 bits per heavy atom. The van der Waals surface area contributed by atoms with Crippen LogP contribution in [-0.4, -0.2) is 53.0 Å². The summed E-state index contributed by atoms with van der Waals surface area (Å²) in [6.07, 6.45) is 1.33. The fourth-order valence-corrected chi connectivity index (χ4v) is 2.82. The van der Waals surface area contributed by atoms with Crippen molar-refractivity contribution in [2.75, 3.05) is 13.1 Å². The zero-order chi connectivity index (χ0) is 18.2. The molecule has 0 unspecified atom stereocenters. The summed E-state index contributed by atoms with van der Waals surface area (Å²) in [5.41, 5.74) is 0.918. The average molecular weight is 348 g/mol. The summed E-state index contributed by atoms with van der Waals surface area (Å²) in [7, 11) is 0. The normalized spacial score (nSPS) is 18.0. The molecule has 2 N–H and O–H groups in total. The third-order valence-electron chi connectivity index (χ3n) is 4.21. The van der Waals surface area contributed by atoms with Crippen LogP contribution in [0, 0.1) is 0 Å². The molecule has 0 saturated carbocycles. The molecule has 1 amide bonds. The molecule has 25 heavy (non-hydrogen) atoms. The van der Waals surface area contributed by atoms with E-state index in [1.165, 1.54) is 4.90 Å². The van der Waals surface area contributed by atoms with Crippen LogP contribution in [0.25, 0.3) is 0 Å². The maximum absolute atomic E-state index is 12.3. The van der Waals surface area contributed by atoms with E-state index in [2.05, 4.69) is 5.32 Å². The number of likely N-dealkylation sites (tertiary alicyclic amines) is 1. The number of amides is 1. The number of carboxylic acid groups (broad SMARTS) is 1. The molecule has 136 valence electrons. The van der Waals surface area contributed by atoms with E-state index in [0.717, 1.165) is 5.56 Å². The molecule has 0 aromatic heterocycles. The van der Waals surface area contributed by atoms with Gasteiger partial charge in [0.25, 0.3) is 0 Å².